The first kappa shape index (κ1) is 100. The Labute approximate surface area is 642 Å². The third-order valence-corrected chi connectivity index (χ3v) is 21.1. The number of ether oxygens (including phenoxy) is 4. The van der Waals surface area contributed by atoms with E-state index in [1.54, 1.807) is 0 Å². The molecule has 9 nitrogen and oxygen atoms in total. The van der Waals surface area contributed by atoms with E-state index in [1.165, 1.54) is 385 Å². The number of carbonyl (C=O) groups is 3. The molecule has 0 radical (unpaired) electrons. The summed E-state index contributed by atoms with van der Waals surface area (Å²) in [6, 6.07) is 0. The summed E-state index contributed by atoms with van der Waals surface area (Å²) in [6.07, 6.45) is 111. The quantitative estimate of drug-likeness (QED) is 0.0211. The average Bonchev–Trinajstić information content (AvgIpc) is 1.01. The number of rotatable bonds is 87. The highest BCUT2D eigenvalue weighted by Gasteiger charge is 2.25. The summed E-state index contributed by atoms with van der Waals surface area (Å²) in [4.78, 5) is 37.8. The second kappa shape index (κ2) is 84.9. The predicted molar refractivity (Wildman–Crippen MR) is 447 cm³/mol. The molecule has 0 heterocycles. The molecule has 0 saturated heterocycles. The predicted octanol–water partition coefficient (Wildman–Crippen LogP) is 29.9. The minimum Gasteiger partial charge on any atom is -0.477 e. The first-order valence-corrected chi connectivity index (χ1v) is 45.8. The van der Waals surface area contributed by atoms with E-state index >= 15 is 0 Å². The van der Waals surface area contributed by atoms with Crippen LogP contribution in [0.15, 0.2) is 48.6 Å². The van der Waals surface area contributed by atoms with Crippen molar-refractivity contribution < 1.29 is 42.9 Å². The number of aliphatic carboxylic acids is 1. The van der Waals surface area contributed by atoms with Gasteiger partial charge in [0.25, 0.3) is 6.29 Å². The summed E-state index contributed by atoms with van der Waals surface area (Å²) in [6.45, 7) is 4.86. The minimum atomic E-state index is -1.51. The summed E-state index contributed by atoms with van der Waals surface area (Å²) in [7, 11) is 6.01. The zero-order valence-corrected chi connectivity index (χ0v) is 69.8. The van der Waals surface area contributed by atoms with Crippen molar-refractivity contribution in [2.45, 2.75) is 489 Å². The molecular formula is C94H178NO8+. The number of carbonyl (C=O) groups excluding carboxylic acids is 2. The number of esters is 2. The van der Waals surface area contributed by atoms with Crippen molar-refractivity contribution in [2.24, 2.45) is 0 Å². The van der Waals surface area contributed by atoms with Crippen molar-refractivity contribution in [3.8, 4) is 0 Å². The normalized spacial score (nSPS) is 12.7. The Morgan fingerprint density at radius 3 is 0.825 bits per heavy atom. The van der Waals surface area contributed by atoms with Gasteiger partial charge < -0.3 is 28.5 Å². The Hall–Kier alpha value is -2.75. The molecule has 9 heteroatoms. The van der Waals surface area contributed by atoms with Crippen molar-refractivity contribution in [3.05, 3.63) is 48.6 Å². The highest BCUT2D eigenvalue weighted by molar-refractivity contribution is 5.71. The topological polar surface area (TPSA) is 108 Å². The van der Waals surface area contributed by atoms with E-state index in [0.29, 0.717) is 17.4 Å². The van der Waals surface area contributed by atoms with Crippen LogP contribution in [0.1, 0.15) is 476 Å². The minimum absolute atomic E-state index is 0.174. The van der Waals surface area contributed by atoms with Gasteiger partial charge in [0.15, 0.2) is 6.10 Å². The fourth-order valence-electron chi connectivity index (χ4n) is 14.2. The van der Waals surface area contributed by atoms with Crippen LogP contribution >= 0.6 is 0 Å². The number of carboxylic acid groups (broad SMARTS) is 1. The summed E-state index contributed by atoms with van der Waals surface area (Å²) < 4.78 is 23.1. The molecule has 2 atom stereocenters. The largest absolute Gasteiger partial charge is 0.477 e. The van der Waals surface area contributed by atoms with E-state index in [9.17, 15) is 19.5 Å². The molecule has 0 aromatic carbocycles. The van der Waals surface area contributed by atoms with Gasteiger partial charge in [-0.1, -0.05) is 461 Å². The molecule has 0 aromatic rings. The third kappa shape index (κ3) is 86.4. The second-order valence-corrected chi connectivity index (χ2v) is 32.6. The van der Waals surface area contributed by atoms with Crippen LogP contribution in [0.3, 0.4) is 0 Å². The Morgan fingerprint density at radius 1 is 0.301 bits per heavy atom. The Balaban J connectivity index is 3.87. The highest BCUT2D eigenvalue weighted by atomic mass is 16.7. The summed E-state index contributed by atoms with van der Waals surface area (Å²) >= 11 is 0. The number of carboxylic acids is 1. The van der Waals surface area contributed by atoms with Crippen molar-refractivity contribution in [1.82, 2.24) is 0 Å². The summed E-state index contributed by atoms with van der Waals surface area (Å²) in [5.41, 5.74) is 0. The smallest absolute Gasteiger partial charge is 0.361 e. The summed E-state index contributed by atoms with van der Waals surface area (Å²) in [5.74, 6) is -1.96. The third-order valence-electron chi connectivity index (χ3n) is 21.1. The Bertz CT molecular complexity index is 1840. The highest BCUT2D eigenvalue weighted by Crippen LogP contribution is 2.21. The maximum absolute atomic E-state index is 13.0. The van der Waals surface area contributed by atoms with Gasteiger partial charge in [-0.2, -0.15) is 0 Å². The van der Waals surface area contributed by atoms with Crippen LogP contribution < -0.4 is 0 Å². The van der Waals surface area contributed by atoms with Gasteiger partial charge in [0.1, 0.15) is 13.2 Å². The number of hydrogen-bond donors (Lipinski definition) is 1. The lowest BCUT2D eigenvalue weighted by Crippen LogP contribution is -2.40. The standard InChI is InChI=1S/C94H177NO8/c1-6-8-10-12-14-16-18-20-22-24-26-28-30-32-34-36-38-40-42-44-45-46-47-49-51-53-55-57-59-61-63-65-67-69-71-73-75-77-79-81-83-85-92(97)103-90(89-102-94(93(98)99)100-87-86-95(3,4)5)88-101-91(96)84-82-80-78-76-74-72-70-68-66-64-62-60-58-56-54-52-50-48-43-41-39-37-35-33-31-29-27-25-23-21-19-17-15-13-11-9-7-2/h8,10,14,16,20,22,26,28,90,94H,6-7,9,11-13,15,17-19,21,23-25,27,29-89H2,1-5H3/p+1/b10-8-,16-14-,22-20-,28-26-. The first-order chi connectivity index (χ1) is 50.6. The number of unbranched alkanes of at least 4 members (excludes halogenated alkanes) is 64. The van der Waals surface area contributed by atoms with Crippen LogP contribution in [-0.4, -0.2) is 87.4 Å². The maximum Gasteiger partial charge on any atom is 0.361 e. The molecule has 0 bridgehead atoms. The van der Waals surface area contributed by atoms with Crippen LogP contribution in [0.4, 0.5) is 0 Å². The monoisotopic (exact) mass is 1450 g/mol. The lowest BCUT2D eigenvalue weighted by Gasteiger charge is -2.25. The zero-order chi connectivity index (χ0) is 74.6. The van der Waals surface area contributed by atoms with Crippen molar-refractivity contribution in [3.63, 3.8) is 0 Å². The number of nitrogens with zero attached hydrogens (tertiary/aromatic N) is 1. The fourth-order valence-corrected chi connectivity index (χ4v) is 14.2. The van der Waals surface area contributed by atoms with Crippen LogP contribution in [0.5, 0.6) is 0 Å². The van der Waals surface area contributed by atoms with Gasteiger partial charge in [-0.3, -0.25) is 9.59 Å². The number of quaternary nitrogens is 1. The van der Waals surface area contributed by atoms with Gasteiger partial charge in [0, 0.05) is 12.8 Å². The molecule has 0 spiro atoms. The molecule has 103 heavy (non-hydrogen) atoms. The van der Waals surface area contributed by atoms with E-state index in [0.717, 1.165) is 64.2 Å². The molecule has 2 unspecified atom stereocenters. The van der Waals surface area contributed by atoms with E-state index < -0.39 is 18.4 Å². The molecule has 0 saturated carbocycles. The lowest BCUT2D eigenvalue weighted by molar-refractivity contribution is -0.870. The molecule has 0 aliphatic heterocycles. The van der Waals surface area contributed by atoms with Gasteiger partial charge in [0.2, 0.25) is 0 Å². The van der Waals surface area contributed by atoms with Crippen molar-refractivity contribution >= 4 is 17.9 Å². The summed E-state index contributed by atoms with van der Waals surface area (Å²) in [5, 5.41) is 9.80. The average molecular weight is 1450 g/mol. The second-order valence-electron chi connectivity index (χ2n) is 32.6. The molecule has 0 aromatic heterocycles. The van der Waals surface area contributed by atoms with Gasteiger partial charge in [0.05, 0.1) is 34.4 Å². The van der Waals surface area contributed by atoms with Gasteiger partial charge in [-0.05, 0) is 51.4 Å². The molecule has 606 valence electrons. The number of allylic oxidation sites excluding steroid dienone is 8. The van der Waals surface area contributed by atoms with Gasteiger partial charge in [-0.15, -0.1) is 0 Å². The van der Waals surface area contributed by atoms with Crippen LogP contribution in [-0.2, 0) is 33.3 Å². The zero-order valence-electron chi connectivity index (χ0n) is 69.8. The molecular weight excluding hydrogens is 1270 g/mol. The molecule has 0 aliphatic carbocycles. The molecule has 0 amide bonds. The van der Waals surface area contributed by atoms with E-state index in [1.807, 2.05) is 21.1 Å². The van der Waals surface area contributed by atoms with Gasteiger partial charge >= 0.3 is 17.9 Å². The van der Waals surface area contributed by atoms with Gasteiger partial charge in [-0.25, -0.2) is 4.79 Å². The lowest BCUT2D eigenvalue weighted by atomic mass is 10.0. The molecule has 0 rings (SSSR count). The van der Waals surface area contributed by atoms with Crippen LogP contribution in [0.2, 0.25) is 0 Å². The molecule has 1 N–H and O–H groups in total. The molecule has 0 aliphatic rings. The maximum atomic E-state index is 13.0. The number of hydrogen-bond acceptors (Lipinski definition) is 7. The van der Waals surface area contributed by atoms with E-state index in [4.69, 9.17) is 18.9 Å². The first-order valence-electron chi connectivity index (χ1n) is 45.8. The van der Waals surface area contributed by atoms with Crippen LogP contribution in [0, 0.1) is 0 Å². The van der Waals surface area contributed by atoms with Crippen LogP contribution in [0.25, 0.3) is 0 Å². The van der Waals surface area contributed by atoms with Crippen molar-refractivity contribution in [1.29, 1.82) is 0 Å². The fraction of sp³-hybridized carbons (Fsp3) is 0.883. The van der Waals surface area contributed by atoms with E-state index in [-0.39, 0.29) is 38.2 Å². The number of likely N-dealkylation sites (N-methyl/N-ethyl adjacent to an activating group) is 1. The Kier molecular flexibility index (Phi) is 82.6. The molecule has 0 fully saturated rings. The van der Waals surface area contributed by atoms with Crippen molar-refractivity contribution in [2.75, 3.05) is 47.5 Å². The Morgan fingerprint density at radius 2 is 0.553 bits per heavy atom. The SMILES string of the molecule is CC/C=C\C/C=C\C/C=C\C/C=C\CCCCCCCCCCCCCCCCCCCCCCCCCCCCCCC(=O)OC(COC(=O)CCCCCCCCCCCCCCCCCCCCCCCCCCCCCCCCCCCCCCC)COC(OCC[N+](C)(C)C)C(=O)O. The van der Waals surface area contributed by atoms with E-state index in [2.05, 4.69) is 62.5 Å².